The second-order valence-electron chi connectivity index (χ2n) is 4.62. The molecule has 0 aliphatic heterocycles. The normalized spacial score (nSPS) is 11.2. The number of aryl methyl sites for hydroxylation is 1. The fourth-order valence-electron chi connectivity index (χ4n) is 1.77. The summed E-state index contributed by atoms with van der Waals surface area (Å²) in [6.45, 7) is 6.26. The molecule has 0 bridgehead atoms. The zero-order valence-electron chi connectivity index (χ0n) is 11.5. The number of rotatable bonds is 6. The van der Waals surface area contributed by atoms with Crippen LogP contribution in [0.15, 0.2) is 15.9 Å². The lowest BCUT2D eigenvalue weighted by Crippen LogP contribution is -2.09. The number of aliphatic carboxylic acids is 1. The molecule has 0 saturated heterocycles. The van der Waals surface area contributed by atoms with Crippen LogP contribution in [0.25, 0.3) is 0 Å². The summed E-state index contributed by atoms with van der Waals surface area (Å²) in [4.78, 5) is 19.1. The first kappa shape index (κ1) is 14.6. The zero-order valence-corrected chi connectivity index (χ0v) is 12.3. The van der Waals surface area contributed by atoms with Crippen molar-refractivity contribution in [2.75, 3.05) is 5.75 Å². The Hall–Kier alpha value is -1.83. The van der Waals surface area contributed by atoms with Gasteiger partial charge in [0.05, 0.1) is 5.75 Å². The van der Waals surface area contributed by atoms with E-state index in [1.807, 2.05) is 4.57 Å². The molecule has 0 aliphatic rings. The maximum absolute atomic E-state index is 10.7. The second-order valence-corrected chi connectivity index (χ2v) is 5.57. The van der Waals surface area contributed by atoms with Crippen molar-refractivity contribution in [3.63, 3.8) is 0 Å². The van der Waals surface area contributed by atoms with Crippen LogP contribution in [0.5, 0.6) is 0 Å². The Morgan fingerprint density at radius 1 is 1.55 bits per heavy atom. The minimum absolute atomic E-state index is 0.0303. The third kappa shape index (κ3) is 3.38. The summed E-state index contributed by atoms with van der Waals surface area (Å²) < 4.78 is 7.04. The molecule has 0 radical (unpaired) electrons. The lowest BCUT2D eigenvalue weighted by molar-refractivity contribution is -0.133. The summed E-state index contributed by atoms with van der Waals surface area (Å²) >= 11 is 1.18. The van der Waals surface area contributed by atoms with Crippen LogP contribution < -0.4 is 0 Å². The van der Waals surface area contributed by atoms with Crippen LogP contribution in [0.2, 0.25) is 0 Å². The van der Waals surface area contributed by atoms with Gasteiger partial charge in [0.1, 0.15) is 6.54 Å². The molecule has 2 heterocycles. The SMILES string of the molecule is Cc1noc(Cn2c(C(C)C)cnc2SCC(=O)O)n1. The summed E-state index contributed by atoms with van der Waals surface area (Å²) in [6, 6.07) is 0. The minimum Gasteiger partial charge on any atom is -0.481 e. The highest BCUT2D eigenvalue weighted by atomic mass is 32.2. The van der Waals surface area contributed by atoms with Gasteiger partial charge < -0.3 is 14.2 Å². The van der Waals surface area contributed by atoms with E-state index >= 15 is 0 Å². The molecule has 108 valence electrons. The first-order chi connectivity index (χ1) is 9.47. The van der Waals surface area contributed by atoms with Gasteiger partial charge in [-0.2, -0.15) is 4.98 Å². The number of carbonyl (C=O) groups is 1. The Kier molecular flexibility index (Phi) is 4.43. The Balaban J connectivity index is 2.26. The van der Waals surface area contributed by atoms with Crippen LogP contribution in [0.3, 0.4) is 0 Å². The van der Waals surface area contributed by atoms with E-state index in [9.17, 15) is 4.79 Å². The van der Waals surface area contributed by atoms with Crippen molar-refractivity contribution in [1.29, 1.82) is 0 Å². The molecule has 20 heavy (non-hydrogen) atoms. The first-order valence-corrected chi connectivity index (χ1v) is 7.15. The Morgan fingerprint density at radius 2 is 2.30 bits per heavy atom. The standard InChI is InChI=1S/C12H16N4O3S/c1-7(2)9-4-13-12(20-6-11(17)18)16(9)5-10-14-8(3)15-19-10/h4,7H,5-6H2,1-3H3,(H,17,18). The predicted molar refractivity (Wildman–Crippen MR) is 72.8 cm³/mol. The van der Waals surface area contributed by atoms with Gasteiger partial charge >= 0.3 is 5.97 Å². The maximum atomic E-state index is 10.7. The van der Waals surface area contributed by atoms with Gasteiger partial charge in [-0.3, -0.25) is 4.79 Å². The molecular formula is C12H16N4O3S. The van der Waals surface area contributed by atoms with Crippen LogP contribution >= 0.6 is 11.8 Å². The van der Waals surface area contributed by atoms with Crippen molar-refractivity contribution < 1.29 is 14.4 Å². The van der Waals surface area contributed by atoms with Crippen molar-refractivity contribution in [2.24, 2.45) is 0 Å². The van der Waals surface area contributed by atoms with Crippen molar-refractivity contribution >= 4 is 17.7 Å². The maximum Gasteiger partial charge on any atom is 0.313 e. The average molecular weight is 296 g/mol. The number of hydrogen-bond acceptors (Lipinski definition) is 6. The van der Waals surface area contributed by atoms with E-state index in [1.54, 1.807) is 13.1 Å². The van der Waals surface area contributed by atoms with Crippen molar-refractivity contribution in [2.45, 2.75) is 38.4 Å². The lowest BCUT2D eigenvalue weighted by Gasteiger charge is -2.11. The van der Waals surface area contributed by atoms with E-state index in [4.69, 9.17) is 9.63 Å². The highest BCUT2D eigenvalue weighted by molar-refractivity contribution is 7.99. The summed E-state index contributed by atoms with van der Waals surface area (Å²) in [5.41, 5.74) is 1.01. The Morgan fingerprint density at radius 3 is 2.85 bits per heavy atom. The number of imidazole rings is 1. The third-order valence-corrected chi connectivity index (χ3v) is 3.60. The van der Waals surface area contributed by atoms with E-state index in [0.717, 1.165) is 5.69 Å². The smallest absolute Gasteiger partial charge is 0.313 e. The van der Waals surface area contributed by atoms with Crippen LogP contribution in [-0.2, 0) is 11.3 Å². The van der Waals surface area contributed by atoms with Gasteiger partial charge in [-0.15, -0.1) is 0 Å². The van der Waals surface area contributed by atoms with Gasteiger partial charge in [-0.05, 0) is 12.8 Å². The lowest BCUT2D eigenvalue weighted by atomic mass is 10.1. The Bertz CT molecular complexity index is 606. The molecule has 0 atom stereocenters. The quantitative estimate of drug-likeness (QED) is 0.814. The highest BCUT2D eigenvalue weighted by Crippen LogP contribution is 2.24. The van der Waals surface area contributed by atoms with Gasteiger partial charge in [-0.25, -0.2) is 4.98 Å². The van der Waals surface area contributed by atoms with Gasteiger partial charge in [0.2, 0.25) is 5.89 Å². The third-order valence-electron chi connectivity index (χ3n) is 2.63. The molecular weight excluding hydrogens is 280 g/mol. The minimum atomic E-state index is -0.871. The molecule has 2 aromatic heterocycles. The molecule has 0 amide bonds. The van der Waals surface area contributed by atoms with E-state index < -0.39 is 5.97 Å². The number of aromatic nitrogens is 4. The molecule has 2 aromatic rings. The van der Waals surface area contributed by atoms with Crippen molar-refractivity contribution in [1.82, 2.24) is 19.7 Å². The van der Waals surface area contributed by atoms with E-state index in [-0.39, 0.29) is 11.7 Å². The summed E-state index contributed by atoms with van der Waals surface area (Å²) in [7, 11) is 0. The summed E-state index contributed by atoms with van der Waals surface area (Å²) in [6.07, 6.45) is 1.76. The molecule has 0 saturated carbocycles. The van der Waals surface area contributed by atoms with Crippen LogP contribution in [0.4, 0.5) is 0 Å². The fourth-order valence-corrected chi connectivity index (χ4v) is 2.48. The van der Waals surface area contributed by atoms with Gasteiger partial charge in [-0.1, -0.05) is 30.8 Å². The Labute approximate surface area is 120 Å². The van der Waals surface area contributed by atoms with E-state index in [1.165, 1.54) is 11.8 Å². The van der Waals surface area contributed by atoms with Gasteiger partial charge in [0, 0.05) is 11.9 Å². The van der Waals surface area contributed by atoms with Crippen LogP contribution in [-0.4, -0.2) is 36.5 Å². The summed E-state index contributed by atoms with van der Waals surface area (Å²) in [5.74, 6) is 0.428. The fraction of sp³-hybridized carbons (Fsp3) is 0.500. The first-order valence-electron chi connectivity index (χ1n) is 6.16. The molecule has 1 N–H and O–H groups in total. The summed E-state index contributed by atoms with van der Waals surface area (Å²) in [5, 5.41) is 13.2. The van der Waals surface area contributed by atoms with Crippen molar-refractivity contribution in [3.05, 3.63) is 23.6 Å². The second kappa shape index (κ2) is 6.08. The molecule has 0 fully saturated rings. The monoisotopic (exact) mass is 296 g/mol. The van der Waals surface area contributed by atoms with E-state index in [0.29, 0.717) is 23.4 Å². The molecule has 0 unspecified atom stereocenters. The van der Waals surface area contributed by atoms with E-state index in [2.05, 4.69) is 29.0 Å². The predicted octanol–water partition coefficient (Wildman–Crippen LogP) is 1.92. The van der Waals surface area contributed by atoms with Gasteiger partial charge in [0.15, 0.2) is 11.0 Å². The molecule has 2 rings (SSSR count). The molecule has 8 heteroatoms. The molecule has 0 aliphatic carbocycles. The topological polar surface area (TPSA) is 94.0 Å². The number of thioether (sulfide) groups is 1. The number of nitrogens with zero attached hydrogens (tertiary/aromatic N) is 4. The van der Waals surface area contributed by atoms with Crippen molar-refractivity contribution in [3.8, 4) is 0 Å². The highest BCUT2D eigenvalue weighted by Gasteiger charge is 2.16. The van der Waals surface area contributed by atoms with Crippen LogP contribution in [0, 0.1) is 6.92 Å². The number of hydrogen-bond donors (Lipinski definition) is 1. The van der Waals surface area contributed by atoms with Gasteiger partial charge in [0.25, 0.3) is 0 Å². The molecule has 0 spiro atoms. The number of carboxylic acid groups (broad SMARTS) is 1. The molecule has 0 aromatic carbocycles. The molecule has 7 nitrogen and oxygen atoms in total. The number of carboxylic acids is 1. The zero-order chi connectivity index (χ0) is 14.7. The largest absolute Gasteiger partial charge is 0.481 e. The average Bonchev–Trinajstić information content (AvgIpc) is 2.94. The van der Waals surface area contributed by atoms with Crippen LogP contribution in [0.1, 0.15) is 37.2 Å².